The first-order valence-electron chi connectivity index (χ1n) is 17.2. The highest BCUT2D eigenvalue weighted by Crippen LogP contribution is 2.42. The Balaban J connectivity index is 1.34. The Morgan fingerprint density at radius 2 is 1.85 bits per heavy atom. The number of rotatable bonds is 11. The van der Waals surface area contributed by atoms with E-state index < -0.39 is 30.5 Å². The number of aryl methyl sites for hydroxylation is 1. The first kappa shape index (κ1) is 34.8. The van der Waals surface area contributed by atoms with Gasteiger partial charge in [0.2, 0.25) is 0 Å². The van der Waals surface area contributed by atoms with Crippen molar-refractivity contribution in [3.05, 3.63) is 71.7 Å². The predicted molar refractivity (Wildman–Crippen MR) is 181 cm³/mol. The molecule has 0 unspecified atom stereocenters. The third-order valence-corrected chi connectivity index (χ3v) is 10.2. The fraction of sp³-hybridized carbons (Fsp3) is 0.553. The highest BCUT2D eigenvalue weighted by atomic mass is 16.5. The molecule has 1 saturated carbocycles. The molecule has 0 bridgehead atoms. The average Bonchev–Trinajstić information content (AvgIpc) is 3.59. The Morgan fingerprint density at radius 1 is 1.02 bits per heavy atom. The molecule has 254 valence electrons. The molecule has 5 rings (SSSR count). The van der Waals surface area contributed by atoms with E-state index in [0.29, 0.717) is 56.7 Å². The first-order chi connectivity index (χ1) is 22.7. The summed E-state index contributed by atoms with van der Waals surface area (Å²) in [4.78, 5) is 8.64. The number of ether oxygens (including phenoxy) is 1. The lowest BCUT2D eigenvalue weighted by atomic mass is 9.71. The minimum Gasteiger partial charge on any atom is -0.668 e. The van der Waals surface area contributed by atoms with E-state index in [0.717, 1.165) is 42.5 Å². The summed E-state index contributed by atoms with van der Waals surface area (Å²) in [7, 11) is 0. The molecule has 2 aromatic heterocycles. The van der Waals surface area contributed by atoms with Crippen molar-refractivity contribution in [1.82, 2.24) is 9.97 Å². The van der Waals surface area contributed by atoms with Crippen LogP contribution in [-0.2, 0) is 12.8 Å². The third kappa shape index (κ3) is 9.08. The number of aliphatic hydroxyl groups is 4. The van der Waals surface area contributed by atoms with Crippen LogP contribution in [0.4, 0.5) is 5.82 Å². The van der Waals surface area contributed by atoms with Crippen LogP contribution in [0.1, 0.15) is 87.4 Å². The summed E-state index contributed by atoms with van der Waals surface area (Å²) < 4.78 is 6.44. The Hall–Kier alpha value is -3.55. The molecule has 0 amide bonds. The van der Waals surface area contributed by atoms with Gasteiger partial charge in [0.1, 0.15) is 18.0 Å². The molecule has 2 aliphatic rings. The van der Waals surface area contributed by atoms with Gasteiger partial charge in [-0.3, -0.25) is 0 Å². The maximum Gasteiger partial charge on any atom is 0.161 e. The van der Waals surface area contributed by atoms with E-state index in [4.69, 9.17) is 10.5 Å². The summed E-state index contributed by atoms with van der Waals surface area (Å²) in [6.07, 6.45) is 6.64. The molecule has 9 atom stereocenters. The van der Waals surface area contributed by atoms with E-state index in [2.05, 4.69) is 28.7 Å². The molecule has 9 nitrogen and oxygen atoms in total. The number of phenolic OH excluding ortho intramolecular Hbond substituents is 1. The Bertz CT molecular complexity index is 1470. The van der Waals surface area contributed by atoms with Crippen LogP contribution in [0, 0.1) is 29.6 Å². The topological polar surface area (TPSA) is 163 Å². The van der Waals surface area contributed by atoms with E-state index in [-0.39, 0.29) is 29.3 Å². The Kier molecular flexibility index (Phi) is 12.2. The molecule has 7 N–H and O–H groups in total. The van der Waals surface area contributed by atoms with Gasteiger partial charge in [-0.05, 0) is 92.7 Å². The minimum atomic E-state index is -1.18. The number of phenols is 1. The second-order valence-corrected chi connectivity index (χ2v) is 13.4. The number of hydrogen-bond acceptors (Lipinski definition) is 8. The highest BCUT2D eigenvalue weighted by molar-refractivity contribution is 5.42. The summed E-state index contributed by atoms with van der Waals surface area (Å²) in [6, 6.07) is 12.7. The van der Waals surface area contributed by atoms with Crippen LogP contribution in [0.3, 0.4) is 0 Å². The first-order valence-corrected chi connectivity index (χ1v) is 17.2. The number of anilines is 1. The van der Waals surface area contributed by atoms with Crippen LogP contribution >= 0.6 is 0 Å². The fourth-order valence-corrected chi connectivity index (χ4v) is 7.32. The van der Waals surface area contributed by atoms with Crippen molar-refractivity contribution in [1.29, 1.82) is 0 Å². The number of aliphatic hydroxyl groups excluding tert-OH is 4. The van der Waals surface area contributed by atoms with Gasteiger partial charge in [0.15, 0.2) is 11.5 Å². The number of nitrogens with zero attached hydrogens (tertiary/aromatic N) is 2. The van der Waals surface area contributed by atoms with E-state index in [1.54, 1.807) is 30.6 Å². The molecule has 0 radical (unpaired) electrons. The molecule has 1 aromatic carbocycles. The summed E-state index contributed by atoms with van der Waals surface area (Å²) >= 11 is 0. The molecule has 2 aliphatic carbocycles. The van der Waals surface area contributed by atoms with E-state index in [1.165, 1.54) is 0 Å². The number of aromatic hydroxyl groups is 1. The molecule has 1 fully saturated rings. The molecule has 2 heterocycles. The molecule has 9 heteroatoms. The quantitative estimate of drug-likeness (QED) is 0.165. The van der Waals surface area contributed by atoms with Crippen LogP contribution in [0.2, 0.25) is 0 Å². The zero-order valence-corrected chi connectivity index (χ0v) is 27.3. The van der Waals surface area contributed by atoms with Crippen LogP contribution in [0.15, 0.2) is 54.9 Å². The Labute approximate surface area is 278 Å². The second-order valence-electron chi connectivity index (χ2n) is 13.4. The highest BCUT2D eigenvalue weighted by Gasteiger charge is 2.43. The number of hydrogen-bond donors (Lipinski definition) is 6. The van der Waals surface area contributed by atoms with Gasteiger partial charge in [-0.2, -0.15) is 11.9 Å². The average molecular weight is 645 g/mol. The van der Waals surface area contributed by atoms with Crippen molar-refractivity contribution >= 4 is 5.82 Å². The minimum absolute atomic E-state index is 0.0776. The fourth-order valence-electron chi connectivity index (χ4n) is 7.32. The summed E-state index contributed by atoms with van der Waals surface area (Å²) in [5, 5.41) is 55.0. The SMILES string of the molecule is CC[C@H]1C#CC[C@H]([C@H](O)CCc2ccc(O)c(O[C@@H]3[C@@H](O)[C@@H](O)CC[C@H]3[C@H](Cc3ccc[n-]3)c3ccnc(N)c3)c2)[C@@H](O)CCCC1. The number of benzene rings is 1. The van der Waals surface area contributed by atoms with Gasteiger partial charge in [-0.15, -0.1) is 5.92 Å². The van der Waals surface area contributed by atoms with Crippen molar-refractivity contribution in [2.45, 2.75) is 114 Å². The van der Waals surface area contributed by atoms with Crippen LogP contribution in [-0.4, -0.2) is 61.0 Å². The van der Waals surface area contributed by atoms with E-state index in [1.807, 2.05) is 24.3 Å². The molecular formula is C38H50N3O6-. The lowest BCUT2D eigenvalue weighted by Crippen LogP contribution is -2.51. The van der Waals surface area contributed by atoms with Crippen molar-refractivity contribution in [3.63, 3.8) is 0 Å². The van der Waals surface area contributed by atoms with Gasteiger partial charge >= 0.3 is 0 Å². The van der Waals surface area contributed by atoms with Gasteiger partial charge in [0.25, 0.3) is 0 Å². The van der Waals surface area contributed by atoms with Gasteiger partial charge < -0.3 is 41.0 Å². The number of nitrogens with two attached hydrogens (primary N) is 1. The van der Waals surface area contributed by atoms with Gasteiger partial charge in [0.05, 0.1) is 18.3 Å². The third-order valence-electron chi connectivity index (χ3n) is 10.2. The molecule has 0 aliphatic heterocycles. The van der Waals surface area contributed by atoms with Gasteiger partial charge in [0, 0.05) is 30.4 Å². The molecular weight excluding hydrogens is 594 g/mol. The van der Waals surface area contributed by atoms with Crippen molar-refractivity contribution in [3.8, 4) is 23.3 Å². The smallest absolute Gasteiger partial charge is 0.161 e. The van der Waals surface area contributed by atoms with Gasteiger partial charge in [-0.25, -0.2) is 4.98 Å². The summed E-state index contributed by atoms with van der Waals surface area (Å²) in [5.74, 6) is 6.75. The molecule has 3 aromatic rings. The lowest BCUT2D eigenvalue weighted by molar-refractivity contribution is -0.104. The summed E-state index contributed by atoms with van der Waals surface area (Å²) in [6.45, 7) is 2.15. The zero-order valence-electron chi connectivity index (χ0n) is 27.3. The number of aromatic nitrogens is 2. The van der Waals surface area contributed by atoms with Crippen LogP contribution in [0.25, 0.3) is 0 Å². The number of pyridine rings is 1. The Morgan fingerprint density at radius 3 is 2.62 bits per heavy atom. The monoisotopic (exact) mass is 644 g/mol. The predicted octanol–water partition coefficient (Wildman–Crippen LogP) is 4.50. The van der Waals surface area contributed by atoms with Crippen molar-refractivity contribution < 1.29 is 30.3 Å². The van der Waals surface area contributed by atoms with Crippen molar-refractivity contribution in [2.75, 3.05) is 5.73 Å². The maximum absolute atomic E-state index is 11.3. The second kappa shape index (κ2) is 16.5. The molecule has 0 saturated heterocycles. The number of nitrogen functional groups attached to an aromatic ring is 1. The largest absolute Gasteiger partial charge is 0.668 e. The molecule has 0 spiro atoms. The van der Waals surface area contributed by atoms with E-state index in [9.17, 15) is 25.5 Å². The van der Waals surface area contributed by atoms with E-state index >= 15 is 0 Å². The van der Waals surface area contributed by atoms with Crippen LogP contribution < -0.4 is 15.5 Å². The standard InChI is InChI=1S/C38H50N3O6/c1-2-24-7-3-4-11-31(42)29(10-5-8-24)32(43)15-12-25-13-16-33(44)35(21-25)47-38-28(14-17-34(45)37(38)46)30(23-27-9-6-19-40-27)26-18-20-41-36(39)22-26/h6,9,13,16,18-22,24,28-32,34,37-38,42-46H,2-4,7,10-12,14-15,17,23H2,1H3,(H2,39,41)/q-1/t24-,28+,29+,30-,31+,32-,34+,37+,38+/m1/s1. The maximum atomic E-state index is 11.3. The molecule has 47 heavy (non-hydrogen) atoms. The summed E-state index contributed by atoms with van der Waals surface area (Å²) in [5.41, 5.74) is 8.74. The lowest BCUT2D eigenvalue weighted by Gasteiger charge is -2.42. The normalized spacial score (nSPS) is 28.1. The van der Waals surface area contributed by atoms with Crippen molar-refractivity contribution in [2.24, 2.45) is 17.8 Å². The van der Waals surface area contributed by atoms with Crippen LogP contribution in [0.5, 0.6) is 11.5 Å². The van der Waals surface area contributed by atoms with Gasteiger partial charge in [-0.1, -0.05) is 43.9 Å². The zero-order chi connectivity index (χ0) is 33.3.